The van der Waals surface area contributed by atoms with Gasteiger partial charge in [0.25, 0.3) is 0 Å². The highest BCUT2D eigenvalue weighted by Gasteiger charge is 1.98. The van der Waals surface area contributed by atoms with E-state index < -0.39 is 23.9 Å². The fourth-order valence-corrected chi connectivity index (χ4v) is 1.29. The predicted octanol–water partition coefficient (Wildman–Crippen LogP) is 1.69. The van der Waals surface area contributed by atoms with Gasteiger partial charge in [-0.1, -0.05) is 26.3 Å². The largest absolute Gasteiger partial charge is 0.463 e. The van der Waals surface area contributed by atoms with Gasteiger partial charge in [0.1, 0.15) is 13.2 Å². The van der Waals surface area contributed by atoms with E-state index in [-0.39, 0.29) is 26.4 Å². The number of unbranched alkanes of at least 4 members (excludes halogenated alkanes) is 1. The molecule has 0 fully saturated rings. The molecule has 0 saturated carbocycles. The van der Waals surface area contributed by atoms with Gasteiger partial charge in [0.15, 0.2) is 0 Å². The van der Waals surface area contributed by atoms with Crippen molar-refractivity contribution in [1.29, 1.82) is 0 Å². The lowest BCUT2D eigenvalue weighted by molar-refractivity contribution is -0.141. The smallest absolute Gasteiger partial charge is 0.330 e. The molecule has 9 nitrogen and oxygen atoms in total. The number of hydrogen-bond acceptors (Lipinski definition) is 9. The van der Waals surface area contributed by atoms with Gasteiger partial charge in [-0.2, -0.15) is 0 Å². The van der Waals surface area contributed by atoms with Crippen LogP contribution in [0.5, 0.6) is 0 Å². The average molecular weight is 412 g/mol. The second kappa shape index (κ2) is 21.1. The molecule has 0 aromatic heterocycles. The Kier molecular flexibility index (Phi) is 20.4. The molecule has 0 atom stereocenters. The highest BCUT2D eigenvalue weighted by atomic mass is 16.6. The minimum absolute atomic E-state index is 0.153. The van der Waals surface area contributed by atoms with Gasteiger partial charge in [0, 0.05) is 24.3 Å². The maximum atomic E-state index is 10.6. The lowest BCUT2D eigenvalue weighted by Crippen LogP contribution is -2.12. The number of carbonyl (C=O) groups excluding carboxylic acids is 4. The minimum atomic E-state index is -0.489. The van der Waals surface area contributed by atoms with E-state index in [9.17, 15) is 19.2 Å². The van der Waals surface area contributed by atoms with Crippen molar-refractivity contribution in [2.24, 2.45) is 0 Å². The lowest BCUT2D eigenvalue weighted by Gasteiger charge is -2.04. The van der Waals surface area contributed by atoms with E-state index in [1.165, 1.54) is 0 Å². The Hall–Kier alpha value is -3.20. The molecule has 9 heteroatoms. The van der Waals surface area contributed by atoms with Crippen LogP contribution in [-0.2, 0) is 42.9 Å². The van der Waals surface area contributed by atoms with Crippen molar-refractivity contribution < 1.29 is 42.9 Å². The van der Waals surface area contributed by atoms with Crippen molar-refractivity contribution in [3.05, 3.63) is 50.6 Å². The third kappa shape index (κ3) is 22.8. The molecule has 0 aromatic rings. The van der Waals surface area contributed by atoms with Crippen molar-refractivity contribution in [3.63, 3.8) is 0 Å². The van der Waals surface area contributed by atoms with Crippen molar-refractivity contribution in [1.82, 2.24) is 0 Å². The highest BCUT2D eigenvalue weighted by molar-refractivity contribution is 5.82. The summed E-state index contributed by atoms with van der Waals surface area (Å²) in [5, 5.41) is 0. The maximum Gasteiger partial charge on any atom is 0.330 e. The Morgan fingerprint density at radius 1 is 0.483 bits per heavy atom. The summed E-state index contributed by atoms with van der Waals surface area (Å²) in [4.78, 5) is 42.2. The van der Waals surface area contributed by atoms with Gasteiger partial charge in [-0.15, -0.1) is 0 Å². The van der Waals surface area contributed by atoms with Gasteiger partial charge in [-0.25, -0.2) is 19.2 Å². The summed E-state index contributed by atoms with van der Waals surface area (Å²) in [5.41, 5.74) is 0. The van der Waals surface area contributed by atoms with E-state index >= 15 is 0 Å². The summed E-state index contributed by atoms with van der Waals surface area (Å²) in [7, 11) is 0. The first-order chi connectivity index (χ1) is 13.9. The maximum absolute atomic E-state index is 10.6. The Morgan fingerprint density at radius 2 is 0.759 bits per heavy atom. The molecule has 0 bridgehead atoms. The Labute approximate surface area is 170 Å². The Bertz CT molecular complexity index is 504. The summed E-state index contributed by atoms with van der Waals surface area (Å²) in [6.07, 6.45) is 5.68. The summed E-state index contributed by atoms with van der Waals surface area (Å²) in [6, 6.07) is 0. The molecule has 0 saturated heterocycles. The normalized spacial score (nSPS) is 8.97. The zero-order valence-corrected chi connectivity index (χ0v) is 16.5. The van der Waals surface area contributed by atoms with Crippen LogP contribution in [0.25, 0.3) is 0 Å². The summed E-state index contributed by atoms with van der Waals surface area (Å²) in [6.45, 7) is 14.4. The van der Waals surface area contributed by atoms with Crippen molar-refractivity contribution in [2.45, 2.75) is 12.8 Å². The summed E-state index contributed by atoms with van der Waals surface area (Å²) in [5.74, 6) is -1.85. The van der Waals surface area contributed by atoms with Crippen LogP contribution in [0.1, 0.15) is 12.8 Å². The number of hydrogen-bond donors (Lipinski definition) is 0. The fraction of sp³-hybridized carbons (Fsp3) is 0.400. The molecule has 0 heterocycles. The van der Waals surface area contributed by atoms with Crippen LogP contribution >= 0.6 is 0 Å². The Balaban J connectivity index is 0. The monoisotopic (exact) mass is 412 g/mol. The molecule has 29 heavy (non-hydrogen) atoms. The van der Waals surface area contributed by atoms with Crippen molar-refractivity contribution in [2.75, 3.05) is 39.6 Å². The van der Waals surface area contributed by atoms with E-state index in [0.29, 0.717) is 26.1 Å². The van der Waals surface area contributed by atoms with Crippen LogP contribution in [0, 0.1) is 0 Å². The van der Waals surface area contributed by atoms with Crippen LogP contribution in [-0.4, -0.2) is 63.5 Å². The first-order valence-electron chi connectivity index (χ1n) is 8.65. The quantitative estimate of drug-likeness (QED) is 0.171. The summed E-state index contributed by atoms with van der Waals surface area (Å²) >= 11 is 0. The number of carbonyl (C=O) groups is 4. The zero-order chi connectivity index (χ0) is 22.3. The van der Waals surface area contributed by atoms with Crippen LogP contribution in [0.3, 0.4) is 0 Å². The van der Waals surface area contributed by atoms with Crippen LogP contribution < -0.4 is 0 Å². The molecule has 0 unspecified atom stereocenters. The molecule has 0 aliphatic carbocycles. The standard InChI is InChI=1S/C10H14O5.C10H14O4/c1-3-9(11)14-7-5-13-6-8-15-10(12)4-2;1-3-9(11)13-7-5-6-8-14-10(12)4-2/h3-4H,1-2,5-8H2;3-4H,1-2,5-8H2. The molecular formula is C20H28O9. The van der Waals surface area contributed by atoms with E-state index in [2.05, 4.69) is 35.8 Å². The molecule has 0 aromatic carbocycles. The van der Waals surface area contributed by atoms with E-state index in [1.54, 1.807) is 0 Å². The van der Waals surface area contributed by atoms with E-state index in [1.807, 2.05) is 0 Å². The Morgan fingerprint density at radius 3 is 1.03 bits per heavy atom. The topological polar surface area (TPSA) is 114 Å². The molecule has 162 valence electrons. The zero-order valence-electron chi connectivity index (χ0n) is 16.5. The number of ether oxygens (including phenoxy) is 5. The number of esters is 4. The molecule has 0 N–H and O–H groups in total. The van der Waals surface area contributed by atoms with Gasteiger partial charge in [0.2, 0.25) is 0 Å². The average Bonchev–Trinajstić information content (AvgIpc) is 2.74. The highest BCUT2D eigenvalue weighted by Crippen LogP contribution is 1.93. The molecule has 0 spiro atoms. The van der Waals surface area contributed by atoms with Crippen molar-refractivity contribution >= 4 is 23.9 Å². The lowest BCUT2D eigenvalue weighted by atomic mass is 10.3. The van der Waals surface area contributed by atoms with Gasteiger partial charge < -0.3 is 23.7 Å². The minimum Gasteiger partial charge on any atom is -0.463 e. The van der Waals surface area contributed by atoms with Crippen LogP contribution in [0.15, 0.2) is 50.6 Å². The molecule has 0 rings (SSSR count). The fourth-order valence-electron chi connectivity index (χ4n) is 1.29. The van der Waals surface area contributed by atoms with E-state index in [4.69, 9.17) is 14.2 Å². The van der Waals surface area contributed by atoms with Gasteiger partial charge in [0.05, 0.1) is 26.4 Å². The summed E-state index contributed by atoms with van der Waals surface area (Å²) < 4.78 is 23.7. The van der Waals surface area contributed by atoms with Crippen LogP contribution in [0.4, 0.5) is 0 Å². The van der Waals surface area contributed by atoms with Gasteiger partial charge in [-0.3, -0.25) is 0 Å². The molecule has 0 aliphatic rings. The molecule has 0 radical (unpaired) electrons. The van der Waals surface area contributed by atoms with E-state index in [0.717, 1.165) is 24.3 Å². The second-order valence-corrected chi connectivity index (χ2v) is 4.81. The molecular weight excluding hydrogens is 384 g/mol. The third-order valence-electron chi connectivity index (χ3n) is 2.64. The number of rotatable bonds is 15. The van der Waals surface area contributed by atoms with Gasteiger partial charge >= 0.3 is 23.9 Å². The second-order valence-electron chi connectivity index (χ2n) is 4.81. The predicted molar refractivity (Wildman–Crippen MR) is 105 cm³/mol. The third-order valence-corrected chi connectivity index (χ3v) is 2.64. The van der Waals surface area contributed by atoms with Crippen LogP contribution in [0.2, 0.25) is 0 Å². The van der Waals surface area contributed by atoms with Gasteiger partial charge in [-0.05, 0) is 12.8 Å². The first kappa shape index (κ1) is 28.0. The first-order valence-corrected chi connectivity index (χ1v) is 8.65. The molecule has 0 amide bonds. The SMILES string of the molecule is C=CC(=O)OCCCCOC(=O)C=C.C=CC(=O)OCCOCCOC(=O)C=C. The molecule has 0 aliphatic heterocycles. The van der Waals surface area contributed by atoms with Crippen molar-refractivity contribution in [3.8, 4) is 0 Å².